The van der Waals surface area contributed by atoms with Crippen LogP contribution in [-0.4, -0.2) is 36.1 Å². The van der Waals surface area contributed by atoms with Gasteiger partial charge in [-0.3, -0.25) is 4.79 Å². The summed E-state index contributed by atoms with van der Waals surface area (Å²) in [6.45, 7) is 0.332. The van der Waals surface area contributed by atoms with Crippen LogP contribution < -0.4 is 16.4 Å². The van der Waals surface area contributed by atoms with Gasteiger partial charge in [-0.05, 0) is 12.1 Å². The number of amides is 3. The van der Waals surface area contributed by atoms with Gasteiger partial charge in [0, 0.05) is 13.1 Å². The van der Waals surface area contributed by atoms with Crippen molar-refractivity contribution >= 4 is 17.9 Å². The highest BCUT2D eigenvalue weighted by atomic mass is 16.4. The number of aromatic carboxylic acids is 1. The molecule has 1 aromatic rings. The van der Waals surface area contributed by atoms with Gasteiger partial charge in [0.15, 0.2) is 5.76 Å². The average molecular weight is 241 g/mol. The molecule has 0 aliphatic heterocycles. The van der Waals surface area contributed by atoms with Gasteiger partial charge in [0.2, 0.25) is 5.76 Å². The minimum atomic E-state index is -1.25. The predicted molar refractivity (Wildman–Crippen MR) is 55.6 cm³/mol. The molecule has 3 amide bonds. The molecule has 8 heteroatoms. The van der Waals surface area contributed by atoms with Crippen molar-refractivity contribution in [1.82, 2.24) is 10.6 Å². The maximum Gasteiger partial charge on any atom is 0.371 e. The number of carbonyl (C=O) groups is 3. The number of hydrogen-bond acceptors (Lipinski definition) is 4. The molecule has 0 radical (unpaired) electrons. The number of furan rings is 1. The smallest absolute Gasteiger partial charge is 0.371 e. The zero-order valence-electron chi connectivity index (χ0n) is 8.73. The van der Waals surface area contributed by atoms with E-state index in [1.807, 2.05) is 0 Å². The molecule has 5 N–H and O–H groups in total. The van der Waals surface area contributed by atoms with E-state index in [0.717, 1.165) is 0 Å². The highest BCUT2D eigenvalue weighted by Crippen LogP contribution is 2.07. The van der Waals surface area contributed by atoms with Crippen LogP contribution >= 0.6 is 0 Å². The SMILES string of the molecule is NC(=O)NCCNC(=O)c1ccc(C(=O)O)o1. The molecule has 0 spiro atoms. The Balaban J connectivity index is 2.41. The third-order valence-corrected chi connectivity index (χ3v) is 1.75. The third kappa shape index (κ3) is 3.86. The van der Waals surface area contributed by atoms with E-state index in [9.17, 15) is 14.4 Å². The molecule has 0 aliphatic rings. The molecule has 92 valence electrons. The zero-order chi connectivity index (χ0) is 12.8. The lowest BCUT2D eigenvalue weighted by molar-refractivity contribution is 0.0659. The van der Waals surface area contributed by atoms with Crippen LogP contribution in [0.3, 0.4) is 0 Å². The maximum absolute atomic E-state index is 11.4. The molecule has 0 fully saturated rings. The summed E-state index contributed by atoms with van der Waals surface area (Å²) >= 11 is 0. The summed E-state index contributed by atoms with van der Waals surface area (Å²) in [5.41, 5.74) is 4.81. The summed E-state index contributed by atoms with van der Waals surface area (Å²) < 4.78 is 4.76. The number of nitrogens with one attached hydrogen (secondary N) is 2. The van der Waals surface area contributed by atoms with Crippen molar-refractivity contribution in [2.24, 2.45) is 5.73 Å². The van der Waals surface area contributed by atoms with Gasteiger partial charge in [0.1, 0.15) is 0 Å². The number of urea groups is 1. The lowest BCUT2D eigenvalue weighted by Gasteiger charge is -2.03. The van der Waals surface area contributed by atoms with Gasteiger partial charge in [-0.2, -0.15) is 0 Å². The van der Waals surface area contributed by atoms with Crippen LogP contribution in [0.2, 0.25) is 0 Å². The second-order valence-corrected chi connectivity index (χ2v) is 3.02. The summed E-state index contributed by atoms with van der Waals surface area (Å²) in [5.74, 6) is -2.24. The van der Waals surface area contributed by atoms with Gasteiger partial charge in [0.25, 0.3) is 5.91 Å². The number of carboxylic acids is 1. The lowest BCUT2D eigenvalue weighted by atomic mass is 10.4. The van der Waals surface area contributed by atoms with E-state index in [0.29, 0.717) is 0 Å². The first-order valence-electron chi connectivity index (χ1n) is 4.65. The monoisotopic (exact) mass is 241 g/mol. The first kappa shape index (κ1) is 12.6. The summed E-state index contributed by atoms with van der Waals surface area (Å²) in [7, 11) is 0. The molecule has 0 saturated heterocycles. The van der Waals surface area contributed by atoms with E-state index >= 15 is 0 Å². The molecular weight excluding hydrogens is 230 g/mol. The van der Waals surface area contributed by atoms with Crippen LogP contribution in [0.25, 0.3) is 0 Å². The molecule has 0 atom stereocenters. The Labute approximate surface area is 95.8 Å². The Morgan fingerprint density at radius 3 is 2.29 bits per heavy atom. The summed E-state index contributed by atoms with van der Waals surface area (Å²) in [6.07, 6.45) is 0. The van der Waals surface area contributed by atoms with Crippen molar-refractivity contribution in [3.8, 4) is 0 Å². The first-order chi connectivity index (χ1) is 8.00. The molecule has 1 aromatic heterocycles. The number of rotatable bonds is 5. The summed E-state index contributed by atoms with van der Waals surface area (Å²) in [6, 6.07) is 1.74. The van der Waals surface area contributed by atoms with Gasteiger partial charge in [-0.15, -0.1) is 0 Å². The molecule has 0 aliphatic carbocycles. The van der Waals surface area contributed by atoms with Crippen molar-refractivity contribution in [1.29, 1.82) is 0 Å². The molecule has 0 bridgehead atoms. The van der Waals surface area contributed by atoms with E-state index in [1.165, 1.54) is 12.1 Å². The molecule has 1 heterocycles. The van der Waals surface area contributed by atoms with E-state index in [-0.39, 0.29) is 24.6 Å². The van der Waals surface area contributed by atoms with E-state index in [1.54, 1.807) is 0 Å². The quantitative estimate of drug-likeness (QED) is 0.509. The number of nitrogens with two attached hydrogens (primary N) is 1. The second-order valence-electron chi connectivity index (χ2n) is 3.02. The normalized spacial score (nSPS) is 9.65. The Morgan fingerprint density at radius 2 is 1.76 bits per heavy atom. The number of carboxylic acid groups (broad SMARTS) is 1. The number of carbonyl (C=O) groups excluding carboxylic acids is 2. The number of primary amides is 1. The summed E-state index contributed by atoms with van der Waals surface area (Å²) in [4.78, 5) is 32.2. The molecule has 0 saturated carbocycles. The molecule has 1 rings (SSSR count). The third-order valence-electron chi connectivity index (χ3n) is 1.75. The van der Waals surface area contributed by atoms with Crippen LogP contribution in [0.15, 0.2) is 16.5 Å². The highest BCUT2D eigenvalue weighted by molar-refractivity contribution is 5.93. The van der Waals surface area contributed by atoms with Crippen LogP contribution in [0.5, 0.6) is 0 Å². The lowest BCUT2D eigenvalue weighted by Crippen LogP contribution is -2.37. The van der Waals surface area contributed by atoms with Crippen molar-refractivity contribution in [3.05, 3.63) is 23.7 Å². The highest BCUT2D eigenvalue weighted by Gasteiger charge is 2.14. The van der Waals surface area contributed by atoms with Crippen molar-refractivity contribution < 1.29 is 23.9 Å². The number of hydrogen-bond donors (Lipinski definition) is 4. The van der Waals surface area contributed by atoms with E-state index in [4.69, 9.17) is 15.3 Å². The van der Waals surface area contributed by atoms with Crippen LogP contribution in [0.1, 0.15) is 21.1 Å². The predicted octanol–water partition coefficient (Wildman–Crippen LogP) is -0.624. The second kappa shape index (κ2) is 5.54. The minimum absolute atomic E-state index is 0.110. The zero-order valence-corrected chi connectivity index (χ0v) is 8.73. The van der Waals surface area contributed by atoms with Gasteiger partial charge in [0.05, 0.1) is 0 Å². The topological polar surface area (TPSA) is 135 Å². The van der Waals surface area contributed by atoms with Gasteiger partial charge >= 0.3 is 12.0 Å². The Bertz CT molecular complexity index is 440. The molecule has 0 aromatic carbocycles. The Hall–Kier alpha value is -2.51. The van der Waals surface area contributed by atoms with Crippen LogP contribution in [-0.2, 0) is 0 Å². The Kier molecular flexibility index (Phi) is 4.09. The van der Waals surface area contributed by atoms with Crippen LogP contribution in [0.4, 0.5) is 4.79 Å². The van der Waals surface area contributed by atoms with Gasteiger partial charge < -0.3 is 25.9 Å². The van der Waals surface area contributed by atoms with Crippen molar-refractivity contribution in [2.45, 2.75) is 0 Å². The van der Waals surface area contributed by atoms with Gasteiger partial charge in [-0.25, -0.2) is 9.59 Å². The van der Waals surface area contributed by atoms with Crippen LogP contribution in [0, 0.1) is 0 Å². The first-order valence-corrected chi connectivity index (χ1v) is 4.65. The van der Waals surface area contributed by atoms with E-state index < -0.39 is 17.9 Å². The molecule has 17 heavy (non-hydrogen) atoms. The fourth-order valence-electron chi connectivity index (χ4n) is 1.02. The molecular formula is C9H11N3O5. The van der Waals surface area contributed by atoms with E-state index in [2.05, 4.69) is 10.6 Å². The van der Waals surface area contributed by atoms with Gasteiger partial charge in [-0.1, -0.05) is 0 Å². The summed E-state index contributed by atoms with van der Waals surface area (Å²) in [5, 5.41) is 13.3. The average Bonchev–Trinajstić information content (AvgIpc) is 2.73. The van der Waals surface area contributed by atoms with Crippen molar-refractivity contribution in [2.75, 3.05) is 13.1 Å². The van der Waals surface area contributed by atoms with Crippen molar-refractivity contribution in [3.63, 3.8) is 0 Å². The maximum atomic E-state index is 11.4. The molecule has 0 unspecified atom stereocenters. The Morgan fingerprint density at radius 1 is 1.18 bits per heavy atom. The standard InChI is InChI=1S/C9H11N3O5/c10-9(16)12-4-3-11-7(13)5-1-2-6(17-5)8(14)15/h1-2H,3-4H2,(H,11,13)(H,14,15)(H3,10,12,16). The fraction of sp³-hybridized carbons (Fsp3) is 0.222. The molecule has 8 nitrogen and oxygen atoms in total. The minimum Gasteiger partial charge on any atom is -0.475 e. The largest absolute Gasteiger partial charge is 0.475 e. The fourth-order valence-corrected chi connectivity index (χ4v) is 1.02.